The summed E-state index contributed by atoms with van der Waals surface area (Å²) >= 11 is 5.88. The van der Waals surface area contributed by atoms with E-state index in [1.54, 1.807) is 6.07 Å². The fourth-order valence-electron chi connectivity index (χ4n) is 0.958. The number of halogens is 1. The van der Waals surface area contributed by atoms with E-state index in [1.807, 2.05) is 0 Å². The van der Waals surface area contributed by atoms with Crippen LogP contribution in [0.25, 0.3) is 0 Å². The van der Waals surface area contributed by atoms with Gasteiger partial charge in [0.05, 0.1) is 5.02 Å². The van der Waals surface area contributed by atoms with Crippen molar-refractivity contribution in [2.75, 3.05) is 5.73 Å². The first-order valence-electron chi connectivity index (χ1n) is 4.18. The van der Waals surface area contributed by atoms with Crippen LogP contribution in [-0.4, -0.2) is 4.98 Å². The second-order valence-corrected chi connectivity index (χ2v) is 3.54. The Balaban J connectivity index is 2.28. The Hall–Kier alpha value is -1.20. The van der Waals surface area contributed by atoms with E-state index in [1.165, 1.54) is 19.0 Å². The summed E-state index contributed by atoms with van der Waals surface area (Å²) in [4.78, 5) is 3.86. The van der Waals surface area contributed by atoms with Gasteiger partial charge in [0.2, 0.25) is 0 Å². The SMILES string of the molecule is Nc1cc(C#CC2CC2)c(Cl)cn1. The molecule has 0 spiro atoms. The summed E-state index contributed by atoms with van der Waals surface area (Å²) in [6.45, 7) is 0. The maximum atomic E-state index is 5.88. The zero-order valence-corrected chi connectivity index (χ0v) is 7.80. The number of anilines is 1. The first-order chi connectivity index (χ1) is 6.25. The smallest absolute Gasteiger partial charge is 0.124 e. The van der Waals surface area contributed by atoms with Gasteiger partial charge < -0.3 is 5.73 Å². The fourth-order valence-corrected chi connectivity index (χ4v) is 1.11. The van der Waals surface area contributed by atoms with Gasteiger partial charge in [-0.1, -0.05) is 23.4 Å². The zero-order valence-electron chi connectivity index (χ0n) is 7.05. The highest BCUT2D eigenvalue weighted by molar-refractivity contribution is 6.31. The molecule has 1 heterocycles. The van der Waals surface area contributed by atoms with Crippen LogP contribution in [0.3, 0.4) is 0 Å². The molecule has 0 atom stereocenters. The Kier molecular flexibility index (Phi) is 2.12. The van der Waals surface area contributed by atoms with Crippen LogP contribution in [0.1, 0.15) is 18.4 Å². The van der Waals surface area contributed by atoms with E-state index in [0.717, 1.165) is 5.56 Å². The van der Waals surface area contributed by atoms with E-state index in [-0.39, 0.29) is 0 Å². The molecule has 13 heavy (non-hydrogen) atoms. The molecule has 1 saturated carbocycles. The summed E-state index contributed by atoms with van der Waals surface area (Å²) in [7, 11) is 0. The summed E-state index contributed by atoms with van der Waals surface area (Å²) in [5.41, 5.74) is 6.29. The minimum atomic E-state index is 0.462. The molecule has 1 aliphatic carbocycles. The predicted molar refractivity (Wildman–Crippen MR) is 53.3 cm³/mol. The molecule has 1 aliphatic rings. The van der Waals surface area contributed by atoms with Gasteiger partial charge in [-0.25, -0.2) is 4.98 Å². The molecule has 2 nitrogen and oxygen atoms in total. The van der Waals surface area contributed by atoms with Crippen LogP contribution < -0.4 is 5.73 Å². The largest absolute Gasteiger partial charge is 0.384 e. The third kappa shape index (κ3) is 2.13. The number of nitrogen functional groups attached to an aromatic ring is 1. The molecular formula is C10H9ClN2. The molecule has 1 fully saturated rings. The molecule has 0 aliphatic heterocycles. The number of aromatic nitrogens is 1. The number of hydrogen-bond donors (Lipinski definition) is 1. The Labute approximate surface area is 82.1 Å². The average molecular weight is 193 g/mol. The van der Waals surface area contributed by atoms with Crippen LogP contribution >= 0.6 is 11.6 Å². The average Bonchev–Trinajstić information content (AvgIpc) is 2.90. The lowest BCUT2D eigenvalue weighted by Gasteiger charge is -1.95. The van der Waals surface area contributed by atoms with Crippen molar-refractivity contribution < 1.29 is 0 Å². The Morgan fingerprint density at radius 3 is 3.00 bits per heavy atom. The van der Waals surface area contributed by atoms with Gasteiger partial charge in [0.25, 0.3) is 0 Å². The molecular weight excluding hydrogens is 184 g/mol. The fraction of sp³-hybridized carbons (Fsp3) is 0.300. The minimum Gasteiger partial charge on any atom is -0.384 e. The number of hydrogen-bond acceptors (Lipinski definition) is 2. The molecule has 0 radical (unpaired) electrons. The van der Waals surface area contributed by atoms with E-state index >= 15 is 0 Å². The maximum Gasteiger partial charge on any atom is 0.124 e. The first kappa shape index (κ1) is 8.40. The lowest BCUT2D eigenvalue weighted by Crippen LogP contribution is -1.90. The topological polar surface area (TPSA) is 38.9 Å². The quantitative estimate of drug-likeness (QED) is 0.640. The van der Waals surface area contributed by atoms with Crippen LogP contribution in [0.15, 0.2) is 12.3 Å². The van der Waals surface area contributed by atoms with Crippen molar-refractivity contribution >= 4 is 17.4 Å². The van der Waals surface area contributed by atoms with Crippen molar-refractivity contribution in [2.24, 2.45) is 5.92 Å². The summed E-state index contributed by atoms with van der Waals surface area (Å²) in [5, 5.41) is 0.572. The molecule has 3 heteroatoms. The molecule has 0 amide bonds. The van der Waals surface area contributed by atoms with Gasteiger partial charge in [0.15, 0.2) is 0 Å². The Morgan fingerprint density at radius 2 is 2.31 bits per heavy atom. The van der Waals surface area contributed by atoms with Gasteiger partial charge in [0, 0.05) is 17.7 Å². The van der Waals surface area contributed by atoms with E-state index in [4.69, 9.17) is 17.3 Å². The standard InChI is InChI=1S/C10H9ClN2/c11-9-6-13-10(12)5-8(9)4-3-7-1-2-7/h5-7H,1-2H2,(H2,12,13). The highest BCUT2D eigenvalue weighted by Gasteiger charge is 2.17. The van der Waals surface area contributed by atoms with Crippen LogP contribution in [0.5, 0.6) is 0 Å². The zero-order chi connectivity index (χ0) is 9.26. The second-order valence-electron chi connectivity index (χ2n) is 3.13. The van der Waals surface area contributed by atoms with Crippen molar-refractivity contribution in [3.8, 4) is 11.8 Å². The Morgan fingerprint density at radius 1 is 1.54 bits per heavy atom. The van der Waals surface area contributed by atoms with Crippen molar-refractivity contribution in [1.29, 1.82) is 0 Å². The second kappa shape index (κ2) is 3.27. The van der Waals surface area contributed by atoms with Gasteiger partial charge >= 0.3 is 0 Å². The molecule has 2 N–H and O–H groups in total. The molecule has 66 valence electrons. The first-order valence-corrected chi connectivity index (χ1v) is 4.56. The maximum absolute atomic E-state index is 5.88. The highest BCUT2D eigenvalue weighted by Crippen LogP contribution is 2.28. The molecule has 0 bridgehead atoms. The number of nitrogens with two attached hydrogens (primary N) is 1. The third-order valence-electron chi connectivity index (χ3n) is 1.86. The lowest BCUT2D eigenvalue weighted by atomic mass is 10.2. The van der Waals surface area contributed by atoms with Crippen molar-refractivity contribution in [3.63, 3.8) is 0 Å². The summed E-state index contributed by atoms with van der Waals surface area (Å²) < 4.78 is 0. The third-order valence-corrected chi connectivity index (χ3v) is 2.17. The normalized spacial score (nSPS) is 14.8. The van der Waals surface area contributed by atoms with Crippen LogP contribution in [0.2, 0.25) is 5.02 Å². The van der Waals surface area contributed by atoms with Crippen molar-refractivity contribution in [1.82, 2.24) is 4.98 Å². The van der Waals surface area contributed by atoms with E-state index in [2.05, 4.69) is 16.8 Å². The minimum absolute atomic E-state index is 0.462. The predicted octanol–water partition coefficient (Wildman–Crippen LogP) is 2.08. The van der Waals surface area contributed by atoms with E-state index in [9.17, 15) is 0 Å². The summed E-state index contributed by atoms with van der Waals surface area (Å²) in [6.07, 6.45) is 3.96. The number of rotatable bonds is 0. The van der Waals surface area contributed by atoms with E-state index in [0.29, 0.717) is 16.8 Å². The number of pyridine rings is 1. The monoisotopic (exact) mass is 192 g/mol. The molecule has 1 aromatic heterocycles. The highest BCUT2D eigenvalue weighted by atomic mass is 35.5. The lowest BCUT2D eigenvalue weighted by molar-refractivity contribution is 1.18. The van der Waals surface area contributed by atoms with Crippen LogP contribution in [-0.2, 0) is 0 Å². The van der Waals surface area contributed by atoms with Gasteiger partial charge in [-0.15, -0.1) is 0 Å². The molecule has 0 saturated heterocycles. The van der Waals surface area contributed by atoms with Crippen molar-refractivity contribution in [2.45, 2.75) is 12.8 Å². The molecule has 1 aromatic rings. The van der Waals surface area contributed by atoms with Crippen LogP contribution in [0.4, 0.5) is 5.82 Å². The van der Waals surface area contributed by atoms with Gasteiger partial charge in [-0.3, -0.25) is 0 Å². The van der Waals surface area contributed by atoms with Gasteiger partial charge in [0.1, 0.15) is 5.82 Å². The van der Waals surface area contributed by atoms with Gasteiger partial charge in [-0.2, -0.15) is 0 Å². The van der Waals surface area contributed by atoms with E-state index < -0.39 is 0 Å². The molecule has 2 rings (SSSR count). The van der Waals surface area contributed by atoms with Crippen LogP contribution in [0, 0.1) is 17.8 Å². The summed E-state index contributed by atoms with van der Waals surface area (Å²) in [5.74, 6) is 7.17. The van der Waals surface area contributed by atoms with Gasteiger partial charge in [-0.05, 0) is 18.9 Å². The molecule has 0 unspecified atom stereocenters. The van der Waals surface area contributed by atoms with Crippen molar-refractivity contribution in [3.05, 3.63) is 22.8 Å². The Bertz CT molecular complexity index is 386. The number of nitrogens with zero attached hydrogens (tertiary/aromatic N) is 1. The summed E-state index contributed by atoms with van der Waals surface area (Å²) in [6, 6.07) is 1.71. The molecule has 0 aromatic carbocycles.